The first kappa shape index (κ1) is 9.91. The van der Waals surface area contributed by atoms with Crippen molar-refractivity contribution < 1.29 is 4.84 Å². The molecule has 18 heavy (non-hydrogen) atoms. The summed E-state index contributed by atoms with van der Waals surface area (Å²) < 4.78 is 0. The van der Waals surface area contributed by atoms with Gasteiger partial charge in [0.2, 0.25) is 0 Å². The molecule has 0 fully saturated rings. The monoisotopic (exact) mass is 238 g/mol. The summed E-state index contributed by atoms with van der Waals surface area (Å²) in [7, 11) is 0. The third kappa shape index (κ3) is 1.39. The second-order valence-corrected chi connectivity index (χ2v) is 4.47. The van der Waals surface area contributed by atoms with E-state index >= 15 is 0 Å². The van der Waals surface area contributed by atoms with Gasteiger partial charge in [-0.05, 0) is 12.5 Å². The number of pyridine rings is 1. The summed E-state index contributed by atoms with van der Waals surface area (Å²) in [4.78, 5) is 10.1. The Morgan fingerprint density at radius 1 is 1.33 bits per heavy atom. The van der Waals surface area contributed by atoms with Gasteiger partial charge in [0.1, 0.15) is 12.4 Å². The minimum Gasteiger partial charge on any atom is -0.369 e. The summed E-state index contributed by atoms with van der Waals surface area (Å²) in [6.07, 6.45) is 2.78. The van der Waals surface area contributed by atoms with E-state index in [1.165, 1.54) is 5.56 Å². The van der Waals surface area contributed by atoms with Crippen LogP contribution in [-0.2, 0) is 17.9 Å². The predicted molar refractivity (Wildman–Crippen MR) is 68.6 cm³/mol. The van der Waals surface area contributed by atoms with Crippen molar-refractivity contribution in [3.8, 4) is 0 Å². The third-order valence-corrected chi connectivity index (χ3v) is 3.33. The zero-order valence-corrected chi connectivity index (χ0v) is 9.81. The van der Waals surface area contributed by atoms with E-state index in [2.05, 4.69) is 28.5 Å². The van der Waals surface area contributed by atoms with E-state index in [0.29, 0.717) is 6.61 Å². The molecule has 4 nitrogen and oxygen atoms in total. The topological polar surface area (TPSA) is 37.4 Å². The summed E-state index contributed by atoms with van der Waals surface area (Å²) in [5.74, 6) is 0.950. The Hall–Kier alpha value is -2.07. The molecule has 89 valence electrons. The molecule has 1 aromatic carbocycles. The van der Waals surface area contributed by atoms with Crippen molar-refractivity contribution in [2.24, 2.45) is 0 Å². The van der Waals surface area contributed by atoms with Crippen molar-refractivity contribution in [2.45, 2.75) is 13.0 Å². The first-order chi connectivity index (χ1) is 8.92. The highest BCUT2D eigenvalue weighted by Gasteiger charge is 2.23. The van der Waals surface area contributed by atoms with Gasteiger partial charge in [-0.1, -0.05) is 18.2 Å². The highest BCUT2D eigenvalue weighted by Crippen LogP contribution is 2.36. The molecule has 0 aliphatic carbocycles. The molecular weight excluding hydrogens is 226 g/mol. The second-order valence-electron chi connectivity index (χ2n) is 4.47. The molecule has 4 rings (SSSR count). The maximum Gasteiger partial charge on any atom is 0.129 e. The lowest BCUT2D eigenvalue weighted by molar-refractivity contribution is 0.145. The molecule has 2 aromatic rings. The highest BCUT2D eigenvalue weighted by atomic mass is 16.7. The number of nitrogens with one attached hydrogen (secondary N) is 1. The molecule has 0 unspecified atom stereocenters. The zero-order valence-electron chi connectivity index (χ0n) is 9.81. The van der Waals surface area contributed by atoms with Gasteiger partial charge in [0.05, 0.1) is 17.6 Å². The summed E-state index contributed by atoms with van der Waals surface area (Å²) in [6.45, 7) is 1.55. The van der Waals surface area contributed by atoms with Crippen LogP contribution in [0.1, 0.15) is 11.1 Å². The Kier molecular flexibility index (Phi) is 2.04. The molecule has 0 saturated heterocycles. The van der Waals surface area contributed by atoms with Crippen LogP contribution in [0.15, 0.2) is 30.5 Å². The Labute approximate surface area is 105 Å². The number of rotatable bonds is 1. The van der Waals surface area contributed by atoms with E-state index in [9.17, 15) is 0 Å². The number of para-hydroxylation sites is 1. The molecular formula is C14H12N3O. The average molecular weight is 238 g/mol. The van der Waals surface area contributed by atoms with Crippen LogP contribution < -0.4 is 10.4 Å². The fraction of sp³-hybridized carbons (Fsp3) is 0.214. The molecule has 1 radical (unpaired) electrons. The lowest BCUT2D eigenvalue weighted by Crippen LogP contribution is -2.11. The summed E-state index contributed by atoms with van der Waals surface area (Å²) in [5, 5.41) is 5.06. The van der Waals surface area contributed by atoms with Gasteiger partial charge in [-0.3, -0.25) is 4.84 Å². The molecule has 2 aliphatic heterocycles. The van der Waals surface area contributed by atoms with Gasteiger partial charge in [-0.2, -0.15) is 0 Å². The Morgan fingerprint density at radius 2 is 2.28 bits per heavy atom. The van der Waals surface area contributed by atoms with Crippen molar-refractivity contribution >= 4 is 17.2 Å². The minimum absolute atomic E-state index is 0.610. The quantitative estimate of drug-likeness (QED) is 0.828. The van der Waals surface area contributed by atoms with Crippen LogP contribution in [0, 0.1) is 6.07 Å². The van der Waals surface area contributed by atoms with Gasteiger partial charge in [-0.15, -0.1) is 0 Å². The van der Waals surface area contributed by atoms with E-state index < -0.39 is 0 Å². The molecule has 0 saturated carbocycles. The van der Waals surface area contributed by atoms with Crippen LogP contribution in [0.2, 0.25) is 0 Å². The molecule has 4 heteroatoms. The van der Waals surface area contributed by atoms with Gasteiger partial charge in [-0.25, -0.2) is 10.0 Å². The Morgan fingerprint density at radius 3 is 3.28 bits per heavy atom. The SMILES string of the molecule is [c]1c(N2OCc3ccccc32)cnc2c1CCN2. The number of aromatic nitrogens is 1. The highest BCUT2D eigenvalue weighted by molar-refractivity contribution is 5.67. The fourth-order valence-electron chi connectivity index (χ4n) is 2.43. The zero-order chi connectivity index (χ0) is 11.9. The minimum atomic E-state index is 0.610. The van der Waals surface area contributed by atoms with Gasteiger partial charge in [0.25, 0.3) is 0 Å². The number of fused-ring (bicyclic) bond motifs is 2. The molecule has 0 bridgehead atoms. The van der Waals surface area contributed by atoms with E-state index in [-0.39, 0.29) is 0 Å². The number of benzene rings is 1. The van der Waals surface area contributed by atoms with Crippen molar-refractivity contribution in [2.75, 3.05) is 16.9 Å². The number of anilines is 3. The number of nitrogens with zero attached hydrogens (tertiary/aromatic N) is 2. The largest absolute Gasteiger partial charge is 0.369 e. The summed E-state index contributed by atoms with van der Waals surface area (Å²) in [6, 6.07) is 11.6. The fourth-order valence-corrected chi connectivity index (χ4v) is 2.43. The Balaban J connectivity index is 1.77. The van der Waals surface area contributed by atoms with E-state index in [1.54, 1.807) is 6.20 Å². The third-order valence-electron chi connectivity index (χ3n) is 3.33. The first-order valence-corrected chi connectivity index (χ1v) is 6.08. The molecule has 0 spiro atoms. The number of hydrogen-bond donors (Lipinski definition) is 1. The second kappa shape index (κ2) is 3.71. The maximum absolute atomic E-state index is 5.71. The van der Waals surface area contributed by atoms with Crippen LogP contribution in [0.4, 0.5) is 17.2 Å². The molecule has 2 aliphatic rings. The first-order valence-electron chi connectivity index (χ1n) is 6.08. The van der Waals surface area contributed by atoms with Crippen LogP contribution in [0.5, 0.6) is 0 Å². The standard InChI is InChI=1S/C14H12N3O/c1-2-4-13-11(3-1)9-18-17(13)12-7-10-5-6-15-14(10)16-8-12/h1-4,8H,5-6,9H2,(H,15,16). The van der Waals surface area contributed by atoms with Gasteiger partial charge < -0.3 is 5.32 Å². The maximum atomic E-state index is 5.71. The van der Waals surface area contributed by atoms with Crippen LogP contribution in [0.25, 0.3) is 0 Å². The smallest absolute Gasteiger partial charge is 0.129 e. The van der Waals surface area contributed by atoms with Crippen LogP contribution in [-0.4, -0.2) is 11.5 Å². The van der Waals surface area contributed by atoms with Crippen molar-refractivity contribution in [3.05, 3.63) is 47.7 Å². The van der Waals surface area contributed by atoms with E-state index in [4.69, 9.17) is 4.84 Å². The van der Waals surface area contributed by atoms with Gasteiger partial charge in [0.15, 0.2) is 0 Å². The normalized spacial score (nSPS) is 16.3. The molecule has 3 heterocycles. The van der Waals surface area contributed by atoms with E-state index in [0.717, 1.165) is 35.7 Å². The van der Waals surface area contributed by atoms with Crippen molar-refractivity contribution in [1.82, 2.24) is 4.98 Å². The lowest BCUT2D eigenvalue weighted by Gasteiger charge is -2.17. The van der Waals surface area contributed by atoms with Gasteiger partial charge in [0, 0.05) is 23.7 Å². The molecule has 0 atom stereocenters. The van der Waals surface area contributed by atoms with Crippen LogP contribution >= 0.6 is 0 Å². The lowest BCUT2D eigenvalue weighted by atomic mass is 10.2. The molecule has 1 aromatic heterocycles. The molecule has 1 N–H and O–H groups in total. The summed E-state index contributed by atoms with van der Waals surface area (Å²) in [5.41, 5.74) is 4.30. The van der Waals surface area contributed by atoms with Crippen molar-refractivity contribution in [1.29, 1.82) is 0 Å². The van der Waals surface area contributed by atoms with Crippen LogP contribution in [0.3, 0.4) is 0 Å². The van der Waals surface area contributed by atoms with E-state index in [1.807, 2.05) is 17.2 Å². The predicted octanol–water partition coefficient (Wildman–Crippen LogP) is 2.43. The van der Waals surface area contributed by atoms with Gasteiger partial charge >= 0.3 is 0 Å². The average Bonchev–Trinajstić information content (AvgIpc) is 3.04. The van der Waals surface area contributed by atoms with Crippen molar-refractivity contribution in [3.63, 3.8) is 0 Å². The Bertz CT molecular complexity index is 612. The molecule has 0 amide bonds. The number of hydrogen-bond acceptors (Lipinski definition) is 4. The summed E-state index contributed by atoms with van der Waals surface area (Å²) >= 11 is 0.